The summed E-state index contributed by atoms with van der Waals surface area (Å²) in [5.74, 6) is 0.0881. The first-order valence-electron chi connectivity index (χ1n) is 6.40. The van der Waals surface area contributed by atoms with Gasteiger partial charge in [0.1, 0.15) is 9.84 Å². The topological polar surface area (TPSA) is 81.1 Å². The lowest BCUT2D eigenvalue weighted by atomic mass is 10.2. The summed E-state index contributed by atoms with van der Waals surface area (Å²) in [5, 5.41) is 3.56. The minimum absolute atomic E-state index is 0.0881. The molecule has 0 unspecified atom stereocenters. The first-order chi connectivity index (χ1) is 9.87. The molecule has 2 rings (SSSR count). The van der Waals surface area contributed by atoms with Crippen LogP contribution < -0.4 is 10.9 Å². The van der Waals surface area contributed by atoms with Crippen LogP contribution in [0.25, 0.3) is 10.9 Å². The summed E-state index contributed by atoms with van der Waals surface area (Å²) in [6.07, 6.45) is 2.71. The average Bonchev–Trinajstić information content (AvgIpc) is 2.40. The van der Waals surface area contributed by atoms with Crippen molar-refractivity contribution in [2.75, 3.05) is 25.1 Å². The number of hydrogen-bond donors (Lipinski definition) is 1. The molecule has 0 radical (unpaired) electrons. The number of nitrogens with zero attached hydrogens (tertiary/aromatic N) is 2. The fourth-order valence-corrected chi connectivity index (χ4v) is 2.75. The van der Waals surface area contributed by atoms with E-state index in [0.29, 0.717) is 30.5 Å². The molecule has 0 saturated carbocycles. The molecular weight excluding hydrogens is 358 g/mol. The first-order valence-corrected chi connectivity index (χ1v) is 9.25. The lowest BCUT2D eigenvalue weighted by Gasteiger charge is -2.08. The Kier molecular flexibility index (Phi) is 5.13. The number of aromatic nitrogens is 2. The van der Waals surface area contributed by atoms with E-state index in [1.165, 1.54) is 17.2 Å². The SMILES string of the molecule is CS(=O)(=O)CCNCCn1cnc2ccc(Br)cc2c1=O. The van der Waals surface area contributed by atoms with Crippen LogP contribution in [0.5, 0.6) is 0 Å². The highest BCUT2D eigenvalue weighted by Crippen LogP contribution is 2.14. The van der Waals surface area contributed by atoms with E-state index in [1.54, 1.807) is 12.1 Å². The molecule has 0 saturated heterocycles. The molecule has 1 aromatic carbocycles. The van der Waals surface area contributed by atoms with Crippen molar-refractivity contribution in [2.45, 2.75) is 6.54 Å². The third kappa shape index (κ3) is 4.62. The molecule has 114 valence electrons. The van der Waals surface area contributed by atoms with Gasteiger partial charge in [-0.1, -0.05) is 15.9 Å². The number of rotatable bonds is 6. The number of benzene rings is 1. The Morgan fingerprint density at radius 2 is 2.10 bits per heavy atom. The summed E-state index contributed by atoms with van der Waals surface area (Å²) in [7, 11) is -2.96. The van der Waals surface area contributed by atoms with Crippen LogP contribution in [0.2, 0.25) is 0 Å². The summed E-state index contributed by atoms with van der Waals surface area (Å²) in [5.41, 5.74) is 0.552. The predicted octanol–water partition coefficient (Wildman–Crippen LogP) is 0.793. The Hall–Kier alpha value is -1.25. The monoisotopic (exact) mass is 373 g/mol. The maximum Gasteiger partial charge on any atom is 0.261 e. The van der Waals surface area contributed by atoms with Crippen LogP contribution in [0.3, 0.4) is 0 Å². The molecule has 0 aliphatic heterocycles. The van der Waals surface area contributed by atoms with Crippen molar-refractivity contribution in [1.29, 1.82) is 0 Å². The minimum atomic E-state index is -2.96. The van der Waals surface area contributed by atoms with Gasteiger partial charge in [0, 0.05) is 30.4 Å². The zero-order valence-electron chi connectivity index (χ0n) is 11.5. The van der Waals surface area contributed by atoms with Crippen LogP contribution in [-0.2, 0) is 16.4 Å². The van der Waals surface area contributed by atoms with Gasteiger partial charge in [-0.3, -0.25) is 9.36 Å². The molecule has 0 bridgehead atoms. The van der Waals surface area contributed by atoms with Gasteiger partial charge in [-0.25, -0.2) is 13.4 Å². The largest absolute Gasteiger partial charge is 0.314 e. The normalized spacial score (nSPS) is 11.9. The Bertz CT molecular complexity index is 802. The molecule has 0 aliphatic rings. The molecule has 0 aliphatic carbocycles. The Morgan fingerprint density at radius 3 is 2.81 bits per heavy atom. The number of hydrogen-bond acceptors (Lipinski definition) is 5. The van der Waals surface area contributed by atoms with Crippen LogP contribution in [0.4, 0.5) is 0 Å². The van der Waals surface area contributed by atoms with Gasteiger partial charge >= 0.3 is 0 Å². The Labute approximate surface area is 131 Å². The standard InChI is InChI=1S/C13H16BrN3O3S/c1-21(19,20)7-5-15-4-6-17-9-16-12-3-2-10(14)8-11(12)13(17)18/h2-3,8-9,15H,4-7H2,1H3. The summed E-state index contributed by atoms with van der Waals surface area (Å²) < 4.78 is 24.3. The van der Waals surface area contributed by atoms with E-state index < -0.39 is 9.84 Å². The number of nitrogens with one attached hydrogen (secondary N) is 1. The van der Waals surface area contributed by atoms with E-state index in [9.17, 15) is 13.2 Å². The molecule has 0 fully saturated rings. The maximum absolute atomic E-state index is 12.3. The van der Waals surface area contributed by atoms with Crippen LogP contribution in [0.15, 0.2) is 33.8 Å². The molecule has 0 amide bonds. The van der Waals surface area contributed by atoms with Gasteiger partial charge in [0.15, 0.2) is 0 Å². The van der Waals surface area contributed by atoms with Gasteiger partial charge in [0.25, 0.3) is 5.56 Å². The van der Waals surface area contributed by atoms with Gasteiger partial charge in [-0.2, -0.15) is 0 Å². The smallest absolute Gasteiger partial charge is 0.261 e. The third-order valence-corrected chi connectivity index (χ3v) is 4.40. The number of halogens is 1. The van der Waals surface area contributed by atoms with Gasteiger partial charge in [-0.15, -0.1) is 0 Å². The lowest BCUT2D eigenvalue weighted by Crippen LogP contribution is -2.29. The Morgan fingerprint density at radius 1 is 1.33 bits per heavy atom. The third-order valence-electron chi connectivity index (χ3n) is 2.97. The molecular formula is C13H16BrN3O3S. The average molecular weight is 374 g/mol. The van der Waals surface area contributed by atoms with Crippen molar-refractivity contribution in [3.8, 4) is 0 Å². The van der Waals surface area contributed by atoms with E-state index in [1.807, 2.05) is 6.07 Å². The van der Waals surface area contributed by atoms with E-state index >= 15 is 0 Å². The quantitative estimate of drug-likeness (QED) is 0.757. The van der Waals surface area contributed by atoms with Crippen LogP contribution in [-0.4, -0.2) is 43.1 Å². The number of fused-ring (bicyclic) bond motifs is 1. The molecule has 6 nitrogen and oxygen atoms in total. The van der Waals surface area contributed by atoms with Crippen molar-refractivity contribution in [3.63, 3.8) is 0 Å². The zero-order chi connectivity index (χ0) is 15.5. The van der Waals surface area contributed by atoms with Crippen molar-refractivity contribution in [2.24, 2.45) is 0 Å². The second-order valence-electron chi connectivity index (χ2n) is 4.78. The van der Waals surface area contributed by atoms with Crippen molar-refractivity contribution >= 4 is 36.7 Å². The highest BCUT2D eigenvalue weighted by molar-refractivity contribution is 9.10. The van der Waals surface area contributed by atoms with Gasteiger partial charge < -0.3 is 5.32 Å². The molecule has 21 heavy (non-hydrogen) atoms. The van der Waals surface area contributed by atoms with Crippen molar-refractivity contribution < 1.29 is 8.42 Å². The lowest BCUT2D eigenvalue weighted by molar-refractivity contribution is 0.580. The highest BCUT2D eigenvalue weighted by atomic mass is 79.9. The fraction of sp³-hybridized carbons (Fsp3) is 0.385. The molecule has 1 aromatic heterocycles. The van der Waals surface area contributed by atoms with E-state index in [2.05, 4.69) is 26.2 Å². The van der Waals surface area contributed by atoms with Crippen molar-refractivity contribution in [1.82, 2.24) is 14.9 Å². The predicted molar refractivity (Wildman–Crippen MR) is 86.3 cm³/mol. The second-order valence-corrected chi connectivity index (χ2v) is 7.96. The molecule has 2 aromatic rings. The summed E-state index contributed by atoms with van der Waals surface area (Å²) in [4.78, 5) is 16.5. The second kappa shape index (κ2) is 6.67. The fourth-order valence-electron chi connectivity index (χ4n) is 1.87. The summed E-state index contributed by atoms with van der Waals surface area (Å²) in [6, 6.07) is 5.37. The zero-order valence-corrected chi connectivity index (χ0v) is 13.9. The van der Waals surface area contributed by atoms with Gasteiger partial charge in [0.2, 0.25) is 0 Å². The molecule has 1 N–H and O–H groups in total. The maximum atomic E-state index is 12.3. The molecule has 0 atom stereocenters. The summed E-state index contributed by atoms with van der Waals surface area (Å²) >= 11 is 3.34. The van der Waals surface area contributed by atoms with Gasteiger partial charge in [0.05, 0.1) is 23.0 Å². The highest BCUT2D eigenvalue weighted by Gasteiger charge is 2.05. The summed E-state index contributed by atoms with van der Waals surface area (Å²) in [6.45, 7) is 1.33. The van der Waals surface area contributed by atoms with E-state index in [0.717, 1.165) is 4.47 Å². The molecule has 8 heteroatoms. The van der Waals surface area contributed by atoms with E-state index in [4.69, 9.17) is 0 Å². The molecule has 0 spiro atoms. The number of sulfone groups is 1. The van der Waals surface area contributed by atoms with Crippen LogP contribution >= 0.6 is 15.9 Å². The van der Waals surface area contributed by atoms with Crippen LogP contribution in [0.1, 0.15) is 0 Å². The first kappa shape index (κ1) is 16.1. The van der Waals surface area contributed by atoms with Crippen LogP contribution in [0, 0.1) is 0 Å². The minimum Gasteiger partial charge on any atom is -0.314 e. The van der Waals surface area contributed by atoms with Crippen molar-refractivity contribution in [3.05, 3.63) is 39.4 Å². The Balaban J connectivity index is 2.03. The van der Waals surface area contributed by atoms with E-state index in [-0.39, 0.29) is 11.3 Å². The van der Waals surface area contributed by atoms with Gasteiger partial charge in [-0.05, 0) is 18.2 Å². The molecule has 1 heterocycles.